The van der Waals surface area contributed by atoms with Gasteiger partial charge in [-0.2, -0.15) is 18.3 Å². The first kappa shape index (κ1) is 14.0. The molecule has 0 N–H and O–H groups in total. The molecule has 8 heteroatoms. The van der Waals surface area contributed by atoms with Gasteiger partial charge in [-0.25, -0.2) is 4.68 Å². The Bertz CT molecular complexity index is 632. The average Bonchev–Trinajstić information content (AvgIpc) is 2.82. The Balaban J connectivity index is 2.53. The van der Waals surface area contributed by atoms with Gasteiger partial charge in [0.1, 0.15) is 0 Å². The third-order valence-corrected chi connectivity index (χ3v) is 2.80. The highest BCUT2D eigenvalue weighted by atomic mass is 19.4. The summed E-state index contributed by atoms with van der Waals surface area (Å²) in [5.41, 5.74) is -0.836. The van der Waals surface area contributed by atoms with Crippen molar-refractivity contribution in [3.05, 3.63) is 51.8 Å². The van der Waals surface area contributed by atoms with E-state index in [9.17, 15) is 23.3 Å². The van der Waals surface area contributed by atoms with E-state index >= 15 is 0 Å². The van der Waals surface area contributed by atoms with Gasteiger partial charge in [0, 0.05) is 17.7 Å². The molecule has 0 aliphatic heterocycles. The second kappa shape index (κ2) is 4.95. The van der Waals surface area contributed by atoms with Crippen molar-refractivity contribution in [2.24, 2.45) is 0 Å². The number of aromatic nitrogens is 2. The topological polar surface area (TPSA) is 61.0 Å². The standard InChI is InChI=1S/C12H10F3N3O2/c1-2-8-7-16-17(11(8)12(13,14)15)9-3-5-10(6-4-9)18(19)20/h3-7H,2H2,1H3. The molecule has 2 rings (SSSR count). The Hall–Kier alpha value is -2.38. The van der Waals surface area contributed by atoms with Gasteiger partial charge in [0.05, 0.1) is 16.8 Å². The highest BCUT2D eigenvalue weighted by Gasteiger charge is 2.38. The lowest BCUT2D eigenvalue weighted by molar-refractivity contribution is -0.384. The van der Waals surface area contributed by atoms with E-state index in [1.54, 1.807) is 6.92 Å². The summed E-state index contributed by atoms with van der Waals surface area (Å²) < 4.78 is 39.9. The highest BCUT2D eigenvalue weighted by Crippen LogP contribution is 2.34. The summed E-state index contributed by atoms with van der Waals surface area (Å²) >= 11 is 0. The zero-order chi connectivity index (χ0) is 14.9. The number of hydrogen-bond acceptors (Lipinski definition) is 3. The van der Waals surface area contributed by atoms with Crippen LogP contribution in [0.1, 0.15) is 18.2 Å². The predicted octanol–water partition coefficient (Wildman–Crippen LogP) is 3.36. The van der Waals surface area contributed by atoms with Crippen LogP contribution < -0.4 is 0 Å². The zero-order valence-corrected chi connectivity index (χ0v) is 10.4. The van der Waals surface area contributed by atoms with Crippen molar-refractivity contribution in [2.45, 2.75) is 19.5 Å². The SMILES string of the molecule is CCc1cnn(-c2ccc([N+](=O)[O-])cc2)c1C(F)(F)F. The van der Waals surface area contributed by atoms with Crippen LogP contribution in [0, 0.1) is 10.1 Å². The van der Waals surface area contributed by atoms with Gasteiger partial charge >= 0.3 is 6.18 Å². The number of nitrogens with zero attached hydrogens (tertiary/aromatic N) is 3. The van der Waals surface area contributed by atoms with Crippen molar-refractivity contribution in [1.29, 1.82) is 0 Å². The number of aryl methyl sites for hydroxylation is 1. The van der Waals surface area contributed by atoms with Gasteiger partial charge in [-0.3, -0.25) is 10.1 Å². The molecule has 0 fully saturated rings. The number of nitro benzene ring substituents is 1. The minimum absolute atomic E-state index is 0.0795. The molecule has 0 spiro atoms. The van der Waals surface area contributed by atoms with E-state index in [0.717, 1.165) is 23.0 Å². The molecular weight excluding hydrogens is 275 g/mol. The Kier molecular flexibility index (Phi) is 3.47. The number of alkyl halides is 3. The second-order valence-electron chi connectivity index (χ2n) is 4.06. The van der Waals surface area contributed by atoms with E-state index in [2.05, 4.69) is 5.10 Å². The lowest BCUT2D eigenvalue weighted by atomic mass is 10.2. The fourth-order valence-corrected chi connectivity index (χ4v) is 1.85. The summed E-state index contributed by atoms with van der Waals surface area (Å²) in [6, 6.07) is 4.76. The molecule has 20 heavy (non-hydrogen) atoms. The molecule has 0 saturated carbocycles. The third-order valence-electron chi connectivity index (χ3n) is 2.80. The molecule has 106 valence electrons. The van der Waals surface area contributed by atoms with Crippen molar-refractivity contribution >= 4 is 5.69 Å². The maximum absolute atomic E-state index is 13.1. The van der Waals surface area contributed by atoms with Gasteiger partial charge in [0.15, 0.2) is 5.69 Å². The normalized spacial score (nSPS) is 11.6. The van der Waals surface area contributed by atoms with Crippen LogP contribution in [0.4, 0.5) is 18.9 Å². The molecule has 1 aromatic carbocycles. The molecule has 0 saturated heterocycles. The van der Waals surface area contributed by atoms with Crippen LogP contribution >= 0.6 is 0 Å². The fourth-order valence-electron chi connectivity index (χ4n) is 1.85. The van der Waals surface area contributed by atoms with Crippen molar-refractivity contribution < 1.29 is 18.1 Å². The van der Waals surface area contributed by atoms with Crippen LogP contribution in [0.2, 0.25) is 0 Å². The average molecular weight is 285 g/mol. The maximum Gasteiger partial charge on any atom is 0.433 e. The fraction of sp³-hybridized carbons (Fsp3) is 0.250. The van der Waals surface area contributed by atoms with E-state index in [1.807, 2.05) is 0 Å². The molecule has 1 heterocycles. The lowest BCUT2D eigenvalue weighted by Crippen LogP contribution is -2.15. The van der Waals surface area contributed by atoms with E-state index < -0.39 is 16.8 Å². The minimum Gasteiger partial charge on any atom is -0.258 e. The van der Waals surface area contributed by atoms with E-state index in [0.29, 0.717) is 0 Å². The molecule has 0 aliphatic carbocycles. The molecule has 0 atom stereocenters. The van der Waals surface area contributed by atoms with Gasteiger partial charge in [0.2, 0.25) is 0 Å². The predicted molar refractivity (Wildman–Crippen MR) is 64.6 cm³/mol. The largest absolute Gasteiger partial charge is 0.433 e. The minimum atomic E-state index is -4.54. The molecule has 0 aliphatic rings. The maximum atomic E-state index is 13.1. The summed E-state index contributed by atoms with van der Waals surface area (Å²) in [6.45, 7) is 1.60. The molecule has 5 nitrogen and oxygen atoms in total. The van der Waals surface area contributed by atoms with Crippen molar-refractivity contribution in [3.8, 4) is 5.69 Å². The van der Waals surface area contributed by atoms with Crippen LogP contribution in [-0.4, -0.2) is 14.7 Å². The summed E-state index contributed by atoms with van der Waals surface area (Å²) in [5.74, 6) is 0. The zero-order valence-electron chi connectivity index (χ0n) is 10.4. The first-order valence-electron chi connectivity index (χ1n) is 5.73. The van der Waals surface area contributed by atoms with Gasteiger partial charge in [-0.15, -0.1) is 0 Å². The van der Waals surface area contributed by atoms with Crippen LogP contribution in [0.3, 0.4) is 0 Å². The molecule has 0 bridgehead atoms. The van der Waals surface area contributed by atoms with Gasteiger partial charge in [-0.05, 0) is 18.6 Å². The van der Waals surface area contributed by atoms with Crippen LogP contribution in [0.25, 0.3) is 5.69 Å². The number of nitro groups is 1. The van der Waals surface area contributed by atoms with Gasteiger partial charge in [0.25, 0.3) is 5.69 Å². The number of non-ortho nitro benzene ring substituents is 1. The number of benzene rings is 1. The van der Waals surface area contributed by atoms with E-state index in [-0.39, 0.29) is 23.4 Å². The first-order chi connectivity index (χ1) is 9.34. The van der Waals surface area contributed by atoms with E-state index in [4.69, 9.17) is 0 Å². The van der Waals surface area contributed by atoms with E-state index in [1.165, 1.54) is 12.1 Å². The molecule has 2 aromatic rings. The van der Waals surface area contributed by atoms with Gasteiger partial charge < -0.3 is 0 Å². The van der Waals surface area contributed by atoms with Crippen molar-refractivity contribution in [1.82, 2.24) is 9.78 Å². The molecule has 0 unspecified atom stereocenters. The highest BCUT2D eigenvalue weighted by molar-refractivity contribution is 5.42. The summed E-state index contributed by atoms with van der Waals surface area (Å²) in [7, 11) is 0. The van der Waals surface area contributed by atoms with Crippen LogP contribution in [-0.2, 0) is 12.6 Å². The molecule has 0 amide bonds. The van der Waals surface area contributed by atoms with Crippen molar-refractivity contribution in [2.75, 3.05) is 0 Å². The molecule has 0 radical (unpaired) electrons. The van der Waals surface area contributed by atoms with Crippen molar-refractivity contribution in [3.63, 3.8) is 0 Å². The Morgan fingerprint density at radius 1 is 1.30 bits per heavy atom. The third kappa shape index (κ3) is 2.49. The quantitative estimate of drug-likeness (QED) is 0.641. The Labute approximate surface area is 111 Å². The smallest absolute Gasteiger partial charge is 0.258 e. The van der Waals surface area contributed by atoms with Gasteiger partial charge in [-0.1, -0.05) is 6.92 Å². The number of hydrogen-bond donors (Lipinski definition) is 0. The Morgan fingerprint density at radius 2 is 1.90 bits per heavy atom. The summed E-state index contributed by atoms with van der Waals surface area (Å²) in [5, 5.41) is 14.3. The van der Waals surface area contributed by atoms with Crippen LogP contribution in [0.5, 0.6) is 0 Å². The Morgan fingerprint density at radius 3 is 2.35 bits per heavy atom. The van der Waals surface area contributed by atoms with Crippen LogP contribution in [0.15, 0.2) is 30.5 Å². The number of halogens is 3. The number of rotatable bonds is 3. The molecular formula is C12H10F3N3O2. The molecule has 1 aromatic heterocycles. The summed E-state index contributed by atoms with van der Waals surface area (Å²) in [4.78, 5) is 9.91. The summed E-state index contributed by atoms with van der Waals surface area (Å²) in [6.07, 6.45) is -3.18. The second-order valence-corrected chi connectivity index (χ2v) is 4.06. The lowest BCUT2D eigenvalue weighted by Gasteiger charge is -2.12. The first-order valence-corrected chi connectivity index (χ1v) is 5.73. The monoisotopic (exact) mass is 285 g/mol.